The second-order valence-corrected chi connectivity index (χ2v) is 6.76. The molecule has 0 aromatic heterocycles. The Kier molecular flexibility index (Phi) is 6.52. The minimum Gasteiger partial charge on any atom is -0.340 e. The van der Waals surface area contributed by atoms with Gasteiger partial charge in [0, 0.05) is 24.4 Å². The predicted octanol–water partition coefficient (Wildman–Crippen LogP) is 3.67. The number of nitro benzene ring substituents is 1. The third-order valence-corrected chi connectivity index (χ3v) is 4.42. The molecule has 1 unspecified atom stereocenters. The molecule has 8 heteroatoms. The Bertz CT molecular complexity index is 855. The highest BCUT2D eigenvalue weighted by Crippen LogP contribution is 2.25. The van der Waals surface area contributed by atoms with Crippen molar-refractivity contribution in [3.63, 3.8) is 0 Å². The number of hydrogen-bond donors (Lipinski definition) is 1. The molecule has 142 valence electrons. The van der Waals surface area contributed by atoms with Gasteiger partial charge >= 0.3 is 0 Å². The van der Waals surface area contributed by atoms with E-state index in [2.05, 4.69) is 5.32 Å². The van der Waals surface area contributed by atoms with Crippen molar-refractivity contribution in [3.8, 4) is 0 Å². The largest absolute Gasteiger partial charge is 0.340 e. The zero-order chi connectivity index (χ0) is 20.1. The molecule has 0 aliphatic heterocycles. The number of halogens is 1. The maximum atomic E-state index is 12.9. The highest BCUT2D eigenvalue weighted by molar-refractivity contribution is 6.32. The summed E-state index contributed by atoms with van der Waals surface area (Å²) in [6.07, 6.45) is 0. The summed E-state index contributed by atoms with van der Waals surface area (Å²) in [6, 6.07) is 12.0. The Hall–Kier alpha value is -2.93. The van der Waals surface area contributed by atoms with Crippen LogP contribution in [0.4, 0.5) is 11.4 Å². The van der Waals surface area contributed by atoms with Crippen molar-refractivity contribution >= 4 is 34.8 Å². The lowest BCUT2D eigenvalue weighted by Crippen LogP contribution is -2.50. The van der Waals surface area contributed by atoms with Crippen LogP contribution in [0.1, 0.15) is 24.2 Å². The minimum absolute atomic E-state index is 0.0585. The minimum atomic E-state index is -0.794. The molecule has 27 heavy (non-hydrogen) atoms. The first-order valence-electron chi connectivity index (χ1n) is 8.29. The average molecular weight is 390 g/mol. The Morgan fingerprint density at radius 1 is 1.15 bits per heavy atom. The lowest BCUT2D eigenvalue weighted by Gasteiger charge is -2.27. The fourth-order valence-electron chi connectivity index (χ4n) is 2.52. The Morgan fingerprint density at radius 3 is 2.33 bits per heavy atom. The third kappa shape index (κ3) is 4.83. The average Bonchev–Trinajstić information content (AvgIpc) is 2.65. The van der Waals surface area contributed by atoms with E-state index < -0.39 is 16.9 Å². The van der Waals surface area contributed by atoms with E-state index >= 15 is 0 Å². The molecule has 0 heterocycles. The van der Waals surface area contributed by atoms with Gasteiger partial charge < -0.3 is 10.2 Å². The molecule has 2 amide bonds. The molecule has 0 radical (unpaired) electrons. The molecule has 1 atom stereocenters. The molecule has 0 fully saturated rings. The van der Waals surface area contributed by atoms with Crippen LogP contribution in [-0.4, -0.2) is 29.8 Å². The van der Waals surface area contributed by atoms with Gasteiger partial charge in [0.05, 0.1) is 4.92 Å². The van der Waals surface area contributed by atoms with Gasteiger partial charge in [0.25, 0.3) is 11.6 Å². The maximum absolute atomic E-state index is 12.9. The number of benzene rings is 2. The number of carbonyl (C=O) groups is 2. The van der Waals surface area contributed by atoms with Crippen LogP contribution in [0.5, 0.6) is 0 Å². The lowest BCUT2D eigenvalue weighted by atomic mass is 10.0. The van der Waals surface area contributed by atoms with Crippen molar-refractivity contribution in [3.05, 3.63) is 69.2 Å². The first-order valence-corrected chi connectivity index (χ1v) is 8.67. The van der Waals surface area contributed by atoms with Crippen LogP contribution in [0.15, 0.2) is 48.5 Å². The number of carbonyl (C=O) groups excluding carboxylic acids is 2. The summed E-state index contributed by atoms with van der Waals surface area (Å²) in [6.45, 7) is 3.62. The van der Waals surface area contributed by atoms with Gasteiger partial charge in [0.2, 0.25) is 5.91 Å². The van der Waals surface area contributed by atoms with Crippen LogP contribution in [0.25, 0.3) is 0 Å². The molecule has 0 aliphatic carbocycles. The van der Waals surface area contributed by atoms with Gasteiger partial charge in [-0.25, -0.2) is 0 Å². The van der Waals surface area contributed by atoms with E-state index in [1.807, 2.05) is 32.0 Å². The number of amides is 2. The number of hydrogen-bond acceptors (Lipinski definition) is 4. The molecule has 0 bridgehead atoms. The normalized spacial score (nSPS) is 11.7. The summed E-state index contributed by atoms with van der Waals surface area (Å²) < 4.78 is 0. The quantitative estimate of drug-likeness (QED) is 0.602. The first kappa shape index (κ1) is 20.4. The Morgan fingerprint density at radius 2 is 1.78 bits per heavy atom. The van der Waals surface area contributed by atoms with Crippen LogP contribution in [-0.2, 0) is 4.79 Å². The van der Waals surface area contributed by atoms with E-state index in [0.717, 1.165) is 6.07 Å². The second kappa shape index (κ2) is 8.64. The third-order valence-electron chi connectivity index (χ3n) is 4.10. The number of likely N-dealkylation sites (N-methyl/N-ethyl adjacent to an activating group) is 1. The van der Waals surface area contributed by atoms with Crippen LogP contribution in [0.2, 0.25) is 5.02 Å². The van der Waals surface area contributed by atoms with Crippen LogP contribution in [0, 0.1) is 16.0 Å². The fraction of sp³-hybridized carbons (Fsp3) is 0.263. The van der Waals surface area contributed by atoms with Crippen LogP contribution in [0.3, 0.4) is 0 Å². The van der Waals surface area contributed by atoms with Crippen molar-refractivity contribution in [2.45, 2.75) is 19.9 Å². The molecule has 0 saturated heterocycles. The molecule has 0 spiro atoms. The number of para-hydroxylation sites is 1. The van der Waals surface area contributed by atoms with E-state index in [9.17, 15) is 19.7 Å². The highest BCUT2D eigenvalue weighted by Gasteiger charge is 2.28. The van der Waals surface area contributed by atoms with Gasteiger partial charge in [-0.1, -0.05) is 43.6 Å². The van der Waals surface area contributed by atoms with E-state index in [-0.39, 0.29) is 28.1 Å². The van der Waals surface area contributed by atoms with Crippen LogP contribution >= 0.6 is 11.6 Å². The van der Waals surface area contributed by atoms with Gasteiger partial charge in [-0.05, 0) is 30.2 Å². The van der Waals surface area contributed by atoms with Gasteiger partial charge in [0.15, 0.2) is 0 Å². The Labute approximate surface area is 162 Å². The van der Waals surface area contributed by atoms with Crippen molar-refractivity contribution in [1.29, 1.82) is 0 Å². The zero-order valence-corrected chi connectivity index (χ0v) is 15.9. The number of anilines is 1. The number of rotatable bonds is 6. The van der Waals surface area contributed by atoms with Crippen molar-refractivity contribution < 1.29 is 14.5 Å². The van der Waals surface area contributed by atoms with Gasteiger partial charge in [-0.15, -0.1) is 0 Å². The van der Waals surface area contributed by atoms with Crippen molar-refractivity contribution in [2.75, 3.05) is 11.9 Å². The second-order valence-electron chi connectivity index (χ2n) is 6.35. The highest BCUT2D eigenvalue weighted by atomic mass is 35.5. The van der Waals surface area contributed by atoms with Crippen molar-refractivity contribution in [2.24, 2.45) is 5.92 Å². The molecular weight excluding hydrogens is 370 g/mol. The van der Waals surface area contributed by atoms with Gasteiger partial charge in [0.1, 0.15) is 11.1 Å². The Balaban J connectivity index is 2.23. The summed E-state index contributed by atoms with van der Waals surface area (Å²) in [4.78, 5) is 37.2. The summed E-state index contributed by atoms with van der Waals surface area (Å²) in [7, 11) is 1.63. The van der Waals surface area contributed by atoms with E-state index in [1.54, 1.807) is 19.2 Å². The molecule has 0 aliphatic rings. The molecule has 2 aromatic carbocycles. The SMILES string of the molecule is CC(C)C(NC(=O)c1ccc(Cl)c([N+](=O)[O-])c1)C(=O)N(C)c1ccccc1. The van der Waals surface area contributed by atoms with Crippen molar-refractivity contribution in [1.82, 2.24) is 5.32 Å². The summed E-state index contributed by atoms with van der Waals surface area (Å²) in [5.74, 6) is -1.05. The number of nitrogens with one attached hydrogen (secondary N) is 1. The summed E-state index contributed by atoms with van der Waals surface area (Å²) >= 11 is 5.78. The predicted molar refractivity (Wildman–Crippen MR) is 104 cm³/mol. The molecular formula is C19H20ClN3O4. The topological polar surface area (TPSA) is 92.5 Å². The lowest BCUT2D eigenvalue weighted by molar-refractivity contribution is -0.384. The molecule has 0 saturated carbocycles. The van der Waals surface area contributed by atoms with Gasteiger partial charge in [-0.2, -0.15) is 0 Å². The number of nitro groups is 1. The molecule has 2 rings (SSSR count). The fourth-order valence-corrected chi connectivity index (χ4v) is 2.71. The summed E-state index contributed by atoms with van der Waals surface area (Å²) in [5.41, 5.74) is 0.398. The first-order chi connectivity index (χ1) is 12.7. The van der Waals surface area contributed by atoms with E-state index in [4.69, 9.17) is 11.6 Å². The molecule has 1 N–H and O–H groups in total. The standard InChI is InChI=1S/C19H20ClN3O4/c1-12(2)17(19(25)22(3)14-7-5-4-6-8-14)21-18(24)13-9-10-15(20)16(11-13)23(26)27/h4-12,17H,1-3H3,(H,21,24). The number of nitrogens with zero attached hydrogens (tertiary/aromatic N) is 2. The van der Waals surface area contributed by atoms with E-state index in [0.29, 0.717) is 5.69 Å². The van der Waals surface area contributed by atoms with Gasteiger partial charge in [-0.3, -0.25) is 19.7 Å². The maximum Gasteiger partial charge on any atom is 0.288 e. The van der Waals surface area contributed by atoms with Crippen LogP contribution < -0.4 is 10.2 Å². The molecule has 2 aromatic rings. The molecule has 7 nitrogen and oxygen atoms in total. The van der Waals surface area contributed by atoms with E-state index in [1.165, 1.54) is 17.0 Å². The zero-order valence-electron chi connectivity index (χ0n) is 15.2. The monoisotopic (exact) mass is 389 g/mol. The smallest absolute Gasteiger partial charge is 0.288 e. The summed E-state index contributed by atoms with van der Waals surface area (Å²) in [5, 5.41) is 13.6.